The third-order valence-electron chi connectivity index (χ3n) is 1.12. The van der Waals surface area contributed by atoms with Crippen LogP contribution in [0.25, 0.3) is 0 Å². The van der Waals surface area contributed by atoms with Crippen molar-refractivity contribution in [1.29, 1.82) is 0 Å². The maximum atomic E-state index is 8.40. The zero-order valence-electron chi connectivity index (χ0n) is 7.56. The van der Waals surface area contributed by atoms with Crippen LogP contribution in [0.15, 0.2) is 48.6 Å². The van der Waals surface area contributed by atoms with Crippen LogP contribution >= 0.6 is 0 Å². The second-order valence-electron chi connectivity index (χ2n) is 2.37. The fourth-order valence-electron chi connectivity index (χ4n) is 0.584. The normalized spacial score (nSPS) is 13.9. The van der Waals surface area contributed by atoms with Crippen molar-refractivity contribution >= 4 is 0 Å². The van der Waals surface area contributed by atoms with Gasteiger partial charge in [0.1, 0.15) is 0 Å². The van der Waals surface area contributed by atoms with E-state index in [2.05, 4.69) is 0 Å². The maximum absolute atomic E-state index is 8.40. The van der Waals surface area contributed by atoms with E-state index in [-0.39, 0.29) is 0 Å². The Hall–Kier alpha value is -1.20. The molecular weight excluding hydrogens is 184 g/mol. The van der Waals surface area contributed by atoms with Gasteiger partial charge in [-0.2, -0.15) is 0 Å². The van der Waals surface area contributed by atoms with Gasteiger partial charge < -0.3 is 20.4 Å². The third-order valence-corrected chi connectivity index (χ3v) is 1.12. The lowest BCUT2D eigenvalue weighted by Crippen LogP contribution is -1.96. The van der Waals surface area contributed by atoms with Crippen molar-refractivity contribution in [2.75, 3.05) is 0 Å². The number of allylic oxidation sites excluding steroid dienone is 6. The highest BCUT2D eigenvalue weighted by Gasteiger charge is 1.82. The van der Waals surface area contributed by atoms with Gasteiger partial charge in [0.15, 0.2) is 12.6 Å². The van der Waals surface area contributed by atoms with Gasteiger partial charge in [0.25, 0.3) is 0 Å². The van der Waals surface area contributed by atoms with Crippen LogP contribution in [0.4, 0.5) is 0 Å². The van der Waals surface area contributed by atoms with Crippen LogP contribution in [-0.4, -0.2) is 33.0 Å². The van der Waals surface area contributed by atoms with Gasteiger partial charge in [0.2, 0.25) is 0 Å². The first kappa shape index (κ1) is 12.8. The predicted octanol–water partition coefficient (Wildman–Crippen LogP) is -0.167. The Morgan fingerprint density at radius 1 is 0.500 bits per heavy atom. The molecule has 0 saturated carbocycles. The minimum atomic E-state index is -1.44. The second kappa shape index (κ2) is 8.40. The fraction of sp³-hybridized carbons (Fsp3) is 0.200. The molecule has 0 bridgehead atoms. The molecule has 0 aromatic rings. The van der Waals surface area contributed by atoms with Crippen molar-refractivity contribution in [2.24, 2.45) is 0 Å². The van der Waals surface area contributed by atoms with Gasteiger partial charge in [0.05, 0.1) is 0 Å². The lowest BCUT2D eigenvalue weighted by Gasteiger charge is -1.88. The van der Waals surface area contributed by atoms with Crippen molar-refractivity contribution in [2.45, 2.75) is 12.6 Å². The zero-order chi connectivity index (χ0) is 10.8. The van der Waals surface area contributed by atoms with Gasteiger partial charge in [-0.1, -0.05) is 36.5 Å². The molecule has 0 fully saturated rings. The summed E-state index contributed by atoms with van der Waals surface area (Å²) in [4.78, 5) is 0. The molecule has 78 valence electrons. The number of aliphatic hydroxyl groups excluding tert-OH is 2. The predicted molar refractivity (Wildman–Crippen MR) is 53.0 cm³/mol. The van der Waals surface area contributed by atoms with Gasteiger partial charge in [-0.15, -0.1) is 0 Å². The van der Waals surface area contributed by atoms with Crippen molar-refractivity contribution in [3.05, 3.63) is 48.6 Å². The molecule has 0 aromatic carbocycles. The van der Waals surface area contributed by atoms with Crippen molar-refractivity contribution < 1.29 is 20.4 Å². The Morgan fingerprint density at radius 2 is 0.786 bits per heavy atom. The van der Waals surface area contributed by atoms with E-state index in [1.807, 2.05) is 0 Å². The molecule has 14 heavy (non-hydrogen) atoms. The summed E-state index contributed by atoms with van der Waals surface area (Å²) < 4.78 is 0. The highest BCUT2D eigenvalue weighted by molar-refractivity contribution is 5.15. The smallest absolute Gasteiger partial charge is 0.171 e. The monoisotopic (exact) mass is 198 g/mol. The summed E-state index contributed by atoms with van der Waals surface area (Å²) in [6.07, 6.45) is 9.05. The molecule has 4 nitrogen and oxygen atoms in total. The van der Waals surface area contributed by atoms with Crippen molar-refractivity contribution in [3.8, 4) is 0 Å². The largest absolute Gasteiger partial charge is 0.365 e. The summed E-state index contributed by atoms with van der Waals surface area (Å²) >= 11 is 0. The molecule has 4 heteroatoms. The average Bonchev–Trinajstić information content (AvgIpc) is 2.08. The van der Waals surface area contributed by atoms with Crippen LogP contribution in [-0.2, 0) is 0 Å². The SMILES string of the molecule is OC(O)C=CC=CC=CC=CC(O)O. The quantitative estimate of drug-likeness (QED) is 0.365. The average molecular weight is 198 g/mol. The Morgan fingerprint density at radius 3 is 1.07 bits per heavy atom. The van der Waals surface area contributed by atoms with Crippen LogP contribution in [0.3, 0.4) is 0 Å². The number of hydrogen-bond donors (Lipinski definition) is 4. The highest BCUT2D eigenvalue weighted by atomic mass is 16.5. The first-order valence-corrected chi connectivity index (χ1v) is 4.03. The molecule has 0 amide bonds. The lowest BCUT2D eigenvalue weighted by molar-refractivity contribution is 0.00168. The highest BCUT2D eigenvalue weighted by Crippen LogP contribution is 1.85. The van der Waals surface area contributed by atoms with Crippen LogP contribution in [0, 0.1) is 0 Å². The van der Waals surface area contributed by atoms with Crippen LogP contribution in [0.2, 0.25) is 0 Å². The molecule has 0 aliphatic rings. The Bertz CT molecular complexity index is 211. The standard InChI is InChI=1S/C10H14O4/c11-9(12)7-5-3-1-2-4-6-8-10(13)14/h1-14H. The molecule has 0 saturated heterocycles. The van der Waals surface area contributed by atoms with Crippen LogP contribution in [0.5, 0.6) is 0 Å². The molecule has 0 rings (SSSR count). The molecule has 0 atom stereocenters. The number of rotatable bonds is 5. The summed E-state index contributed by atoms with van der Waals surface area (Å²) in [7, 11) is 0. The first-order valence-electron chi connectivity index (χ1n) is 4.03. The summed E-state index contributed by atoms with van der Waals surface area (Å²) in [5.74, 6) is 0. The molecular formula is C10H14O4. The summed E-state index contributed by atoms with van der Waals surface area (Å²) in [6, 6.07) is 0. The minimum Gasteiger partial charge on any atom is -0.365 e. The molecule has 0 spiro atoms. The number of aliphatic hydroxyl groups is 4. The first-order chi connectivity index (χ1) is 6.63. The molecule has 0 heterocycles. The van der Waals surface area contributed by atoms with E-state index in [0.29, 0.717) is 0 Å². The van der Waals surface area contributed by atoms with Gasteiger partial charge >= 0.3 is 0 Å². The minimum absolute atomic E-state index is 1.21. The van der Waals surface area contributed by atoms with E-state index < -0.39 is 12.6 Å². The lowest BCUT2D eigenvalue weighted by atomic mass is 10.4. The second-order valence-corrected chi connectivity index (χ2v) is 2.37. The fourth-order valence-corrected chi connectivity index (χ4v) is 0.584. The van der Waals surface area contributed by atoms with E-state index in [0.717, 1.165) is 0 Å². The Kier molecular flexibility index (Phi) is 7.68. The van der Waals surface area contributed by atoms with E-state index in [1.165, 1.54) is 24.3 Å². The Labute approximate surface area is 82.4 Å². The van der Waals surface area contributed by atoms with E-state index in [1.54, 1.807) is 24.3 Å². The number of hydrogen-bond acceptors (Lipinski definition) is 4. The van der Waals surface area contributed by atoms with Gasteiger partial charge in [-0.25, -0.2) is 0 Å². The van der Waals surface area contributed by atoms with E-state index >= 15 is 0 Å². The Balaban J connectivity index is 3.71. The van der Waals surface area contributed by atoms with E-state index in [4.69, 9.17) is 20.4 Å². The third kappa shape index (κ3) is 10.8. The molecule has 4 N–H and O–H groups in total. The van der Waals surface area contributed by atoms with Crippen LogP contribution < -0.4 is 0 Å². The van der Waals surface area contributed by atoms with Crippen molar-refractivity contribution in [1.82, 2.24) is 0 Å². The summed E-state index contributed by atoms with van der Waals surface area (Å²) in [6.45, 7) is 0. The zero-order valence-corrected chi connectivity index (χ0v) is 7.56. The van der Waals surface area contributed by atoms with Crippen LogP contribution in [0.1, 0.15) is 0 Å². The molecule has 0 unspecified atom stereocenters. The van der Waals surface area contributed by atoms with Gasteiger partial charge in [-0.3, -0.25) is 0 Å². The summed E-state index contributed by atoms with van der Waals surface area (Å²) in [5.41, 5.74) is 0. The van der Waals surface area contributed by atoms with Gasteiger partial charge in [0, 0.05) is 0 Å². The maximum Gasteiger partial charge on any atom is 0.171 e. The molecule has 0 aliphatic carbocycles. The topological polar surface area (TPSA) is 80.9 Å². The van der Waals surface area contributed by atoms with Gasteiger partial charge in [-0.05, 0) is 12.2 Å². The molecule has 0 aliphatic heterocycles. The van der Waals surface area contributed by atoms with E-state index in [9.17, 15) is 0 Å². The molecule has 0 radical (unpaired) electrons. The summed E-state index contributed by atoms with van der Waals surface area (Å²) in [5, 5.41) is 33.6. The van der Waals surface area contributed by atoms with Crippen molar-refractivity contribution in [3.63, 3.8) is 0 Å². The molecule has 0 aromatic heterocycles.